The first-order valence-electron chi connectivity index (χ1n) is 6.79. The van der Waals surface area contributed by atoms with Gasteiger partial charge in [-0.15, -0.1) is 0 Å². The summed E-state index contributed by atoms with van der Waals surface area (Å²) in [5, 5.41) is 0. The molecule has 88 valence electrons. The van der Waals surface area contributed by atoms with E-state index in [1.54, 1.807) is 5.57 Å². The van der Waals surface area contributed by atoms with E-state index in [0.29, 0.717) is 0 Å². The van der Waals surface area contributed by atoms with E-state index >= 15 is 0 Å². The van der Waals surface area contributed by atoms with E-state index in [0.717, 1.165) is 5.92 Å². The smallest absolute Gasteiger partial charge is 0.00548 e. The van der Waals surface area contributed by atoms with Crippen molar-refractivity contribution in [2.45, 2.75) is 19.3 Å². The van der Waals surface area contributed by atoms with Gasteiger partial charge >= 0.3 is 0 Å². The second-order valence-corrected chi connectivity index (χ2v) is 5.41. The van der Waals surface area contributed by atoms with Crippen LogP contribution in [0.3, 0.4) is 0 Å². The Morgan fingerprint density at radius 1 is 0.833 bits per heavy atom. The summed E-state index contributed by atoms with van der Waals surface area (Å²) in [7, 11) is 0. The molecule has 0 bridgehead atoms. The molecular weight excluding hydrogens is 216 g/mol. The Morgan fingerprint density at radius 3 is 2.44 bits per heavy atom. The molecule has 0 heteroatoms. The summed E-state index contributed by atoms with van der Waals surface area (Å²) in [4.78, 5) is 0. The van der Waals surface area contributed by atoms with Crippen LogP contribution in [0.5, 0.6) is 0 Å². The summed E-state index contributed by atoms with van der Waals surface area (Å²) >= 11 is 0. The van der Waals surface area contributed by atoms with E-state index < -0.39 is 0 Å². The molecule has 0 saturated heterocycles. The molecule has 0 unspecified atom stereocenters. The van der Waals surface area contributed by atoms with Crippen molar-refractivity contribution in [3.8, 4) is 11.1 Å². The zero-order chi connectivity index (χ0) is 11.9. The molecule has 18 heavy (non-hydrogen) atoms. The van der Waals surface area contributed by atoms with Gasteiger partial charge in [-0.3, -0.25) is 0 Å². The summed E-state index contributed by atoms with van der Waals surface area (Å²) in [6.07, 6.45) is 6.44. The van der Waals surface area contributed by atoms with Crippen molar-refractivity contribution in [3.63, 3.8) is 0 Å². The van der Waals surface area contributed by atoms with Crippen molar-refractivity contribution in [3.05, 3.63) is 65.2 Å². The summed E-state index contributed by atoms with van der Waals surface area (Å²) in [6.45, 7) is 0. The molecule has 0 radical (unpaired) electrons. The van der Waals surface area contributed by atoms with Crippen LogP contribution in [0.1, 0.15) is 24.0 Å². The molecule has 2 aliphatic rings. The van der Waals surface area contributed by atoms with E-state index in [2.05, 4.69) is 54.6 Å². The van der Waals surface area contributed by atoms with Crippen LogP contribution >= 0.6 is 0 Å². The highest BCUT2D eigenvalue weighted by Gasteiger charge is 2.29. The molecule has 2 aliphatic carbocycles. The Balaban J connectivity index is 1.84. The van der Waals surface area contributed by atoms with Gasteiger partial charge in [-0.25, -0.2) is 0 Å². The lowest BCUT2D eigenvalue weighted by atomic mass is 9.97. The largest absolute Gasteiger partial charge is 0.0622 e. The van der Waals surface area contributed by atoms with Crippen LogP contribution in [0.15, 0.2) is 54.1 Å². The van der Waals surface area contributed by atoms with E-state index in [1.165, 1.54) is 41.5 Å². The molecule has 0 amide bonds. The van der Waals surface area contributed by atoms with Crippen LogP contribution in [-0.4, -0.2) is 0 Å². The fourth-order valence-corrected chi connectivity index (χ4v) is 2.98. The van der Waals surface area contributed by atoms with E-state index in [1.807, 2.05) is 0 Å². The Labute approximate surface area is 108 Å². The van der Waals surface area contributed by atoms with Gasteiger partial charge in [0.2, 0.25) is 0 Å². The van der Waals surface area contributed by atoms with Crippen molar-refractivity contribution < 1.29 is 0 Å². The molecule has 0 atom stereocenters. The van der Waals surface area contributed by atoms with E-state index in [4.69, 9.17) is 0 Å². The fourth-order valence-electron chi connectivity index (χ4n) is 2.98. The molecule has 1 fully saturated rings. The minimum atomic E-state index is 0.890. The van der Waals surface area contributed by atoms with Gasteiger partial charge in [0.1, 0.15) is 0 Å². The van der Waals surface area contributed by atoms with Crippen LogP contribution in [0.4, 0.5) is 0 Å². The first kappa shape index (κ1) is 10.1. The first-order chi connectivity index (χ1) is 8.92. The molecule has 0 heterocycles. The lowest BCUT2D eigenvalue weighted by Crippen LogP contribution is -1.88. The molecule has 4 rings (SSSR count). The highest BCUT2D eigenvalue weighted by Crippen LogP contribution is 2.44. The zero-order valence-electron chi connectivity index (χ0n) is 10.4. The van der Waals surface area contributed by atoms with Gasteiger partial charge in [-0.05, 0) is 47.4 Å². The molecule has 2 aromatic carbocycles. The van der Waals surface area contributed by atoms with Crippen molar-refractivity contribution >= 4 is 6.08 Å². The van der Waals surface area contributed by atoms with Crippen LogP contribution in [-0.2, 0) is 6.42 Å². The van der Waals surface area contributed by atoms with Crippen LogP contribution in [0, 0.1) is 5.92 Å². The van der Waals surface area contributed by atoms with Gasteiger partial charge < -0.3 is 0 Å². The van der Waals surface area contributed by atoms with E-state index in [9.17, 15) is 0 Å². The predicted molar refractivity (Wildman–Crippen MR) is 76.3 cm³/mol. The minimum Gasteiger partial charge on any atom is -0.0622 e. The van der Waals surface area contributed by atoms with Gasteiger partial charge in [0, 0.05) is 0 Å². The molecule has 0 N–H and O–H groups in total. The van der Waals surface area contributed by atoms with Crippen LogP contribution in [0.2, 0.25) is 0 Å². The third kappa shape index (κ3) is 1.60. The molecule has 0 aromatic heterocycles. The van der Waals surface area contributed by atoms with Crippen molar-refractivity contribution in [2.24, 2.45) is 5.92 Å². The molecule has 0 aliphatic heterocycles. The maximum absolute atomic E-state index is 2.45. The van der Waals surface area contributed by atoms with Crippen LogP contribution in [0.25, 0.3) is 17.2 Å². The molecule has 2 aromatic rings. The topological polar surface area (TPSA) is 0 Å². The number of rotatable bonds is 2. The number of benzene rings is 2. The predicted octanol–water partition coefficient (Wildman–Crippen LogP) is 4.70. The minimum absolute atomic E-state index is 0.890. The van der Waals surface area contributed by atoms with E-state index in [-0.39, 0.29) is 0 Å². The normalized spacial score (nSPS) is 17.4. The number of allylic oxidation sites excluding steroid dienone is 1. The summed E-state index contributed by atoms with van der Waals surface area (Å²) < 4.78 is 0. The second kappa shape index (κ2) is 3.84. The van der Waals surface area contributed by atoms with Gasteiger partial charge in [-0.1, -0.05) is 60.2 Å². The molecule has 0 spiro atoms. The van der Waals surface area contributed by atoms with Crippen LogP contribution < -0.4 is 0 Å². The lowest BCUT2D eigenvalue weighted by molar-refractivity contribution is 0.962. The molecular formula is C18H16. The average Bonchev–Trinajstić information content (AvgIpc) is 3.18. The Kier molecular flexibility index (Phi) is 2.16. The Bertz CT molecular complexity index is 616. The van der Waals surface area contributed by atoms with Gasteiger partial charge in [0.05, 0.1) is 0 Å². The summed E-state index contributed by atoms with van der Waals surface area (Å²) in [5.41, 5.74) is 7.36. The number of hydrogen-bond donors (Lipinski definition) is 0. The quantitative estimate of drug-likeness (QED) is 0.703. The van der Waals surface area contributed by atoms with Crippen molar-refractivity contribution in [1.82, 2.24) is 0 Å². The third-order valence-electron chi connectivity index (χ3n) is 4.11. The SMILES string of the molecule is C1=C(C2CC2)Cc2cccc(-c3ccccc3)c21. The molecule has 0 nitrogen and oxygen atoms in total. The molecule has 1 saturated carbocycles. The van der Waals surface area contributed by atoms with Crippen molar-refractivity contribution in [2.75, 3.05) is 0 Å². The maximum Gasteiger partial charge on any atom is -0.00548 e. The maximum atomic E-state index is 2.45. The number of fused-ring (bicyclic) bond motifs is 1. The fraction of sp³-hybridized carbons (Fsp3) is 0.222. The van der Waals surface area contributed by atoms with Crippen molar-refractivity contribution in [1.29, 1.82) is 0 Å². The summed E-state index contributed by atoms with van der Waals surface area (Å²) in [5.74, 6) is 0.890. The highest BCUT2D eigenvalue weighted by atomic mass is 14.3. The Hall–Kier alpha value is -1.82. The average molecular weight is 232 g/mol. The Morgan fingerprint density at radius 2 is 1.67 bits per heavy atom. The zero-order valence-corrected chi connectivity index (χ0v) is 10.4. The lowest BCUT2D eigenvalue weighted by Gasteiger charge is -2.07. The number of hydrogen-bond acceptors (Lipinski definition) is 0. The van der Waals surface area contributed by atoms with Gasteiger partial charge in [0.15, 0.2) is 0 Å². The van der Waals surface area contributed by atoms with Gasteiger partial charge in [-0.2, -0.15) is 0 Å². The summed E-state index contributed by atoms with van der Waals surface area (Å²) in [6, 6.07) is 17.5. The second-order valence-electron chi connectivity index (χ2n) is 5.41. The highest BCUT2D eigenvalue weighted by molar-refractivity contribution is 5.81. The third-order valence-corrected chi connectivity index (χ3v) is 4.11. The standard InChI is InChI=1S/C18H16/c1-2-5-14(6-3-1)17-8-4-7-15-11-16(12-18(15)17)13-9-10-13/h1-8,12-13H,9-11H2. The first-order valence-corrected chi connectivity index (χ1v) is 6.79. The monoisotopic (exact) mass is 232 g/mol. The van der Waals surface area contributed by atoms with Gasteiger partial charge in [0.25, 0.3) is 0 Å².